The van der Waals surface area contributed by atoms with E-state index in [9.17, 15) is 13.2 Å². The number of anilines is 2. The van der Waals surface area contributed by atoms with Crippen LogP contribution >= 0.6 is 0 Å². The maximum atomic E-state index is 13.0. The fraction of sp³-hybridized carbons (Fsp3) is 0.250. The largest absolute Gasteiger partial charge is 0.497 e. The Hall–Kier alpha value is -2.99. The second kappa shape index (κ2) is 8.03. The van der Waals surface area contributed by atoms with Crippen molar-refractivity contribution in [1.82, 2.24) is 0 Å². The smallest absolute Gasteiger partial charge is 0.416 e. The first kappa shape index (κ1) is 20.3. The summed E-state index contributed by atoms with van der Waals surface area (Å²) in [5, 5.41) is 0. The molecule has 0 spiro atoms. The summed E-state index contributed by atoms with van der Waals surface area (Å²) in [6.45, 7) is 0. The summed E-state index contributed by atoms with van der Waals surface area (Å²) in [5.74, 6) is 0.775. The maximum absolute atomic E-state index is 13.0. The van der Waals surface area contributed by atoms with Crippen LogP contribution in [-0.2, 0) is 19.0 Å². The number of ether oxygens (including phenoxy) is 1. The van der Waals surface area contributed by atoms with Crippen LogP contribution in [-0.4, -0.2) is 19.2 Å². The Morgan fingerprint density at radius 3 is 2.27 bits per heavy atom. The number of benzene rings is 3. The van der Waals surface area contributed by atoms with Gasteiger partial charge in [0.25, 0.3) is 0 Å². The molecule has 3 nitrogen and oxygen atoms in total. The SMILES string of the molecule is COc1ccc(CC2C(N)Cc3ccccc3N2c2ccc(C(F)(F)F)cc2)cc1. The van der Waals surface area contributed by atoms with Gasteiger partial charge in [-0.25, -0.2) is 0 Å². The molecule has 3 aromatic carbocycles. The van der Waals surface area contributed by atoms with Crippen LogP contribution in [0.4, 0.5) is 24.5 Å². The van der Waals surface area contributed by atoms with Gasteiger partial charge in [0.05, 0.1) is 18.7 Å². The van der Waals surface area contributed by atoms with Crippen molar-refractivity contribution < 1.29 is 17.9 Å². The highest BCUT2D eigenvalue weighted by Crippen LogP contribution is 2.39. The van der Waals surface area contributed by atoms with Crippen LogP contribution in [0.25, 0.3) is 0 Å². The number of para-hydroxylation sites is 1. The number of hydrogen-bond acceptors (Lipinski definition) is 3. The predicted molar refractivity (Wildman–Crippen MR) is 112 cm³/mol. The summed E-state index contributed by atoms with van der Waals surface area (Å²) < 4.78 is 44.4. The average molecular weight is 412 g/mol. The summed E-state index contributed by atoms with van der Waals surface area (Å²) in [6, 6.07) is 20.8. The normalized spacial score (nSPS) is 18.8. The van der Waals surface area contributed by atoms with Gasteiger partial charge in [-0.15, -0.1) is 0 Å². The highest BCUT2D eigenvalue weighted by molar-refractivity contribution is 5.70. The number of hydrogen-bond donors (Lipinski definition) is 1. The standard InChI is InChI=1S/C24H23F3N2O/c1-30-20-12-6-16(7-13-20)14-23-21(28)15-17-4-2-3-5-22(17)29(23)19-10-8-18(9-11-19)24(25,26)27/h2-13,21,23H,14-15,28H2,1H3. The molecule has 0 aliphatic carbocycles. The number of halogens is 3. The van der Waals surface area contributed by atoms with Crippen molar-refractivity contribution in [3.05, 3.63) is 89.5 Å². The fourth-order valence-electron chi connectivity index (χ4n) is 4.07. The fourth-order valence-corrected chi connectivity index (χ4v) is 4.07. The zero-order valence-corrected chi connectivity index (χ0v) is 16.6. The first-order chi connectivity index (χ1) is 14.4. The number of alkyl halides is 3. The maximum Gasteiger partial charge on any atom is 0.416 e. The molecule has 0 bridgehead atoms. The van der Waals surface area contributed by atoms with Crippen molar-refractivity contribution in [2.75, 3.05) is 12.0 Å². The van der Waals surface area contributed by atoms with Crippen molar-refractivity contribution in [3.63, 3.8) is 0 Å². The van der Waals surface area contributed by atoms with Crippen LogP contribution < -0.4 is 15.4 Å². The summed E-state index contributed by atoms with van der Waals surface area (Å²) in [7, 11) is 1.62. The van der Waals surface area contributed by atoms with E-state index in [-0.39, 0.29) is 12.1 Å². The van der Waals surface area contributed by atoms with E-state index in [4.69, 9.17) is 10.5 Å². The Morgan fingerprint density at radius 2 is 1.63 bits per heavy atom. The van der Waals surface area contributed by atoms with Crippen LogP contribution in [0, 0.1) is 0 Å². The van der Waals surface area contributed by atoms with E-state index < -0.39 is 11.7 Å². The summed E-state index contributed by atoms with van der Waals surface area (Å²) in [5.41, 5.74) is 9.78. The van der Waals surface area contributed by atoms with Gasteiger partial charge in [0.2, 0.25) is 0 Å². The molecule has 1 aliphatic rings. The van der Waals surface area contributed by atoms with Crippen molar-refractivity contribution in [1.29, 1.82) is 0 Å². The van der Waals surface area contributed by atoms with Crippen molar-refractivity contribution >= 4 is 11.4 Å². The zero-order valence-electron chi connectivity index (χ0n) is 16.6. The second-order valence-electron chi connectivity index (χ2n) is 7.53. The highest BCUT2D eigenvalue weighted by atomic mass is 19.4. The molecule has 1 aliphatic heterocycles. The molecule has 0 amide bonds. The molecule has 30 heavy (non-hydrogen) atoms. The molecular formula is C24H23F3N2O. The molecule has 3 aromatic rings. The molecule has 156 valence electrons. The molecule has 2 atom stereocenters. The van der Waals surface area contributed by atoms with Gasteiger partial charge in [0.1, 0.15) is 5.75 Å². The Balaban J connectivity index is 1.73. The lowest BCUT2D eigenvalue weighted by Crippen LogP contribution is -2.51. The van der Waals surface area contributed by atoms with Gasteiger partial charge in [-0.1, -0.05) is 30.3 Å². The Kier molecular flexibility index (Phi) is 5.43. The lowest BCUT2D eigenvalue weighted by molar-refractivity contribution is -0.137. The number of fused-ring (bicyclic) bond motifs is 1. The quantitative estimate of drug-likeness (QED) is 0.628. The molecule has 2 unspecified atom stereocenters. The van der Waals surface area contributed by atoms with Crippen LogP contribution in [0.15, 0.2) is 72.8 Å². The molecule has 0 fully saturated rings. The average Bonchev–Trinajstić information content (AvgIpc) is 2.74. The molecule has 1 heterocycles. The topological polar surface area (TPSA) is 38.5 Å². The number of nitrogens with zero attached hydrogens (tertiary/aromatic N) is 1. The Morgan fingerprint density at radius 1 is 0.967 bits per heavy atom. The summed E-state index contributed by atoms with van der Waals surface area (Å²) in [6.07, 6.45) is -2.98. The lowest BCUT2D eigenvalue weighted by Gasteiger charge is -2.43. The number of methoxy groups -OCH3 is 1. The van der Waals surface area contributed by atoms with Gasteiger partial charge in [-0.2, -0.15) is 13.2 Å². The molecule has 6 heteroatoms. The first-order valence-electron chi connectivity index (χ1n) is 9.80. The highest BCUT2D eigenvalue weighted by Gasteiger charge is 2.34. The first-order valence-corrected chi connectivity index (χ1v) is 9.80. The third-order valence-electron chi connectivity index (χ3n) is 5.61. The van der Waals surface area contributed by atoms with Gasteiger partial charge in [-0.05, 0) is 66.4 Å². The minimum absolute atomic E-state index is 0.0926. The minimum Gasteiger partial charge on any atom is -0.497 e. The van der Waals surface area contributed by atoms with E-state index in [1.807, 2.05) is 48.5 Å². The van der Waals surface area contributed by atoms with E-state index >= 15 is 0 Å². The van der Waals surface area contributed by atoms with Crippen molar-refractivity contribution in [3.8, 4) is 5.75 Å². The monoisotopic (exact) mass is 412 g/mol. The Labute approximate surface area is 173 Å². The van der Waals surface area contributed by atoms with Crippen LogP contribution in [0.5, 0.6) is 5.75 Å². The Bertz CT molecular complexity index is 1000. The molecule has 0 radical (unpaired) electrons. The molecular weight excluding hydrogens is 389 g/mol. The second-order valence-corrected chi connectivity index (χ2v) is 7.53. The van der Waals surface area contributed by atoms with Crippen LogP contribution in [0.3, 0.4) is 0 Å². The van der Waals surface area contributed by atoms with E-state index in [1.54, 1.807) is 7.11 Å². The third kappa shape index (κ3) is 4.00. The number of nitrogens with two attached hydrogens (primary N) is 1. The minimum atomic E-state index is -4.36. The van der Waals surface area contributed by atoms with Gasteiger partial charge in [0.15, 0.2) is 0 Å². The van der Waals surface area contributed by atoms with Gasteiger partial charge < -0.3 is 15.4 Å². The molecule has 0 aromatic heterocycles. The predicted octanol–water partition coefficient (Wildman–Crippen LogP) is 5.35. The third-order valence-corrected chi connectivity index (χ3v) is 5.61. The van der Waals surface area contributed by atoms with E-state index in [1.165, 1.54) is 12.1 Å². The van der Waals surface area contributed by atoms with Crippen molar-refractivity contribution in [2.24, 2.45) is 5.73 Å². The molecule has 0 saturated heterocycles. The van der Waals surface area contributed by atoms with E-state index in [0.29, 0.717) is 18.5 Å². The van der Waals surface area contributed by atoms with Gasteiger partial charge in [-0.3, -0.25) is 0 Å². The molecule has 4 rings (SSSR count). The van der Waals surface area contributed by atoms with Crippen LogP contribution in [0.1, 0.15) is 16.7 Å². The van der Waals surface area contributed by atoms with Gasteiger partial charge in [0, 0.05) is 17.4 Å². The lowest BCUT2D eigenvalue weighted by atomic mass is 9.87. The van der Waals surface area contributed by atoms with Crippen LogP contribution in [0.2, 0.25) is 0 Å². The van der Waals surface area contributed by atoms with E-state index in [2.05, 4.69) is 4.90 Å². The van der Waals surface area contributed by atoms with Gasteiger partial charge >= 0.3 is 6.18 Å². The molecule has 2 N–H and O–H groups in total. The summed E-state index contributed by atoms with van der Waals surface area (Å²) in [4.78, 5) is 2.08. The molecule has 0 saturated carbocycles. The van der Waals surface area contributed by atoms with Crippen molar-refractivity contribution in [2.45, 2.75) is 31.1 Å². The zero-order chi connectivity index (χ0) is 21.3. The summed E-state index contributed by atoms with van der Waals surface area (Å²) >= 11 is 0. The van der Waals surface area contributed by atoms with E-state index in [0.717, 1.165) is 34.7 Å². The number of rotatable bonds is 4.